The molecule has 0 aromatic heterocycles. The third kappa shape index (κ3) is 9.85. The Morgan fingerprint density at radius 3 is 2.02 bits per heavy atom. The van der Waals surface area contributed by atoms with Gasteiger partial charge in [0.15, 0.2) is 6.61 Å². The normalized spacial score (nSPS) is 10.7. The summed E-state index contributed by atoms with van der Waals surface area (Å²) in [6.07, 6.45) is 3.52. The number of unbranched alkanes of at least 4 members (excludes halogenated alkanes) is 1. The number of carbonyl (C=O) groups is 2. The average Bonchev–Trinajstić information content (AvgIpc) is 3.01. The minimum absolute atomic E-state index is 0.192. The lowest BCUT2D eigenvalue weighted by atomic mass is 10.2. The zero-order valence-corrected chi connectivity index (χ0v) is 22.8. The quantitative estimate of drug-likeness (QED) is 0.0659. The van der Waals surface area contributed by atoms with Crippen molar-refractivity contribution in [3.8, 4) is 23.0 Å². The number of hydrazone groups is 1. The summed E-state index contributed by atoms with van der Waals surface area (Å²) in [5.41, 5.74) is 4.64. The molecule has 0 spiro atoms. The monoisotopic (exact) mass is 552 g/mol. The van der Waals surface area contributed by atoms with Crippen LogP contribution in [0.3, 0.4) is 0 Å². The molecule has 0 saturated heterocycles. The molecular weight excluding hydrogens is 520 g/mol. The summed E-state index contributed by atoms with van der Waals surface area (Å²) in [5, 5.41) is 3.95. The molecule has 4 aromatic carbocycles. The molecule has 0 bridgehead atoms. The molecule has 0 aliphatic rings. The van der Waals surface area contributed by atoms with E-state index in [9.17, 15) is 9.59 Å². The van der Waals surface area contributed by atoms with Gasteiger partial charge in [-0.1, -0.05) is 43.7 Å². The lowest BCUT2D eigenvalue weighted by Crippen LogP contribution is -2.24. The number of hydrogen-bond acceptors (Lipinski definition) is 7. The first kappa shape index (κ1) is 28.9. The van der Waals surface area contributed by atoms with Crippen LogP contribution in [0.2, 0.25) is 0 Å². The van der Waals surface area contributed by atoms with Crippen LogP contribution < -0.4 is 24.4 Å². The van der Waals surface area contributed by atoms with Crippen molar-refractivity contribution < 1.29 is 28.5 Å². The van der Waals surface area contributed by atoms with E-state index in [0.717, 1.165) is 24.2 Å². The summed E-state index contributed by atoms with van der Waals surface area (Å²) in [6.45, 7) is 3.03. The third-order valence-corrected chi connectivity index (χ3v) is 5.79. The van der Waals surface area contributed by atoms with E-state index >= 15 is 0 Å². The van der Waals surface area contributed by atoms with Crippen molar-refractivity contribution in [3.05, 3.63) is 120 Å². The number of ether oxygens (including phenoxy) is 4. The molecule has 210 valence electrons. The Labute approximate surface area is 239 Å². The highest BCUT2D eigenvalue weighted by Gasteiger charge is 2.09. The van der Waals surface area contributed by atoms with Gasteiger partial charge in [-0.2, -0.15) is 5.10 Å². The summed E-state index contributed by atoms with van der Waals surface area (Å²) in [7, 11) is 0. The van der Waals surface area contributed by atoms with Crippen molar-refractivity contribution in [1.82, 2.24) is 5.43 Å². The number of benzene rings is 4. The predicted octanol–water partition coefficient (Wildman–Crippen LogP) is 6.19. The minimum atomic E-state index is -0.465. The van der Waals surface area contributed by atoms with Crippen molar-refractivity contribution in [1.29, 1.82) is 0 Å². The van der Waals surface area contributed by atoms with Gasteiger partial charge in [0.25, 0.3) is 5.91 Å². The molecule has 0 fully saturated rings. The van der Waals surface area contributed by atoms with Crippen LogP contribution in [-0.2, 0) is 11.4 Å². The zero-order valence-electron chi connectivity index (χ0n) is 22.8. The predicted molar refractivity (Wildman–Crippen MR) is 157 cm³/mol. The van der Waals surface area contributed by atoms with Crippen LogP contribution in [0.4, 0.5) is 0 Å². The first-order valence-corrected chi connectivity index (χ1v) is 13.4. The zero-order chi connectivity index (χ0) is 28.7. The van der Waals surface area contributed by atoms with E-state index in [-0.39, 0.29) is 6.61 Å². The number of hydrogen-bond donors (Lipinski definition) is 1. The van der Waals surface area contributed by atoms with E-state index in [4.69, 9.17) is 18.9 Å². The van der Waals surface area contributed by atoms with Crippen LogP contribution >= 0.6 is 0 Å². The van der Waals surface area contributed by atoms with Crippen LogP contribution in [0, 0.1) is 0 Å². The van der Waals surface area contributed by atoms with E-state index in [1.165, 1.54) is 6.21 Å². The number of rotatable bonds is 14. The Kier molecular flexibility index (Phi) is 10.9. The van der Waals surface area contributed by atoms with Gasteiger partial charge in [0, 0.05) is 0 Å². The van der Waals surface area contributed by atoms with E-state index in [0.29, 0.717) is 41.6 Å². The molecule has 0 aliphatic carbocycles. The highest BCUT2D eigenvalue weighted by molar-refractivity contribution is 5.91. The second kappa shape index (κ2) is 15.5. The van der Waals surface area contributed by atoms with Crippen molar-refractivity contribution >= 4 is 18.1 Å². The second-order valence-corrected chi connectivity index (χ2v) is 9.01. The van der Waals surface area contributed by atoms with Crippen LogP contribution in [0.25, 0.3) is 0 Å². The highest BCUT2D eigenvalue weighted by Crippen LogP contribution is 2.19. The fourth-order valence-electron chi connectivity index (χ4n) is 3.54. The molecule has 0 heterocycles. The Hall–Kier alpha value is -5.11. The van der Waals surface area contributed by atoms with E-state index < -0.39 is 11.9 Å². The summed E-state index contributed by atoms with van der Waals surface area (Å²) in [5.74, 6) is 1.49. The molecule has 0 atom stereocenters. The fourth-order valence-corrected chi connectivity index (χ4v) is 3.54. The van der Waals surface area contributed by atoms with Crippen LogP contribution in [-0.4, -0.2) is 31.3 Å². The van der Waals surface area contributed by atoms with Crippen molar-refractivity contribution in [2.45, 2.75) is 26.4 Å². The first-order valence-electron chi connectivity index (χ1n) is 13.4. The number of nitrogens with one attached hydrogen (secondary N) is 1. The number of esters is 1. The van der Waals surface area contributed by atoms with E-state index in [1.54, 1.807) is 72.8 Å². The van der Waals surface area contributed by atoms with Gasteiger partial charge in [-0.25, -0.2) is 10.2 Å². The SMILES string of the molecule is CCCCOc1ccc(C(=O)Oc2ccc(C=NNC(=O)COc3ccc(OCc4ccccc4)cc3)cc2)cc1. The minimum Gasteiger partial charge on any atom is -0.494 e. The average molecular weight is 553 g/mol. The third-order valence-electron chi connectivity index (χ3n) is 5.79. The lowest BCUT2D eigenvalue weighted by molar-refractivity contribution is -0.123. The highest BCUT2D eigenvalue weighted by atomic mass is 16.5. The van der Waals surface area contributed by atoms with E-state index in [2.05, 4.69) is 17.5 Å². The molecular formula is C33H32N2O6. The van der Waals surface area contributed by atoms with Gasteiger partial charge in [-0.05, 0) is 90.3 Å². The van der Waals surface area contributed by atoms with Gasteiger partial charge >= 0.3 is 5.97 Å². The van der Waals surface area contributed by atoms with Gasteiger partial charge in [-0.3, -0.25) is 4.79 Å². The molecule has 41 heavy (non-hydrogen) atoms. The molecule has 8 nitrogen and oxygen atoms in total. The maximum Gasteiger partial charge on any atom is 0.343 e. The fraction of sp³-hybridized carbons (Fsp3) is 0.182. The van der Waals surface area contributed by atoms with Gasteiger partial charge < -0.3 is 18.9 Å². The molecule has 0 saturated carbocycles. The molecule has 4 aromatic rings. The Balaban J connectivity index is 1.16. The molecule has 0 radical (unpaired) electrons. The van der Waals surface area contributed by atoms with Crippen molar-refractivity contribution in [2.75, 3.05) is 13.2 Å². The van der Waals surface area contributed by atoms with Crippen LogP contribution in [0.5, 0.6) is 23.0 Å². The topological polar surface area (TPSA) is 95.5 Å². The lowest BCUT2D eigenvalue weighted by Gasteiger charge is -2.08. The maximum absolute atomic E-state index is 12.4. The Bertz CT molecular complexity index is 1400. The summed E-state index contributed by atoms with van der Waals surface area (Å²) >= 11 is 0. The summed E-state index contributed by atoms with van der Waals surface area (Å²) in [6, 6.07) is 30.5. The molecule has 4 rings (SSSR count). The molecule has 1 amide bonds. The van der Waals surface area contributed by atoms with Crippen molar-refractivity contribution in [2.24, 2.45) is 5.10 Å². The van der Waals surface area contributed by atoms with E-state index in [1.807, 2.05) is 30.3 Å². The van der Waals surface area contributed by atoms with Crippen LogP contribution in [0.1, 0.15) is 41.3 Å². The number of amides is 1. The first-order chi connectivity index (χ1) is 20.1. The number of nitrogens with zero attached hydrogens (tertiary/aromatic N) is 1. The molecule has 0 unspecified atom stereocenters. The Morgan fingerprint density at radius 1 is 0.732 bits per heavy atom. The van der Waals surface area contributed by atoms with Gasteiger partial charge in [0.05, 0.1) is 18.4 Å². The van der Waals surface area contributed by atoms with Gasteiger partial charge in [0.2, 0.25) is 0 Å². The molecule has 8 heteroatoms. The van der Waals surface area contributed by atoms with Gasteiger partial charge in [0.1, 0.15) is 29.6 Å². The van der Waals surface area contributed by atoms with Crippen LogP contribution in [0.15, 0.2) is 108 Å². The van der Waals surface area contributed by atoms with Gasteiger partial charge in [-0.15, -0.1) is 0 Å². The molecule has 0 aliphatic heterocycles. The largest absolute Gasteiger partial charge is 0.494 e. The Morgan fingerprint density at radius 2 is 1.34 bits per heavy atom. The summed E-state index contributed by atoms with van der Waals surface area (Å²) < 4.78 is 22.3. The van der Waals surface area contributed by atoms with Crippen molar-refractivity contribution in [3.63, 3.8) is 0 Å². The number of carbonyl (C=O) groups excluding carboxylic acids is 2. The smallest absolute Gasteiger partial charge is 0.343 e. The molecule has 1 N–H and O–H groups in total. The second-order valence-electron chi connectivity index (χ2n) is 9.01. The standard InChI is InChI=1S/C33H32N2O6/c1-2-3-21-38-28-15-11-27(12-16-28)33(37)41-31-13-9-25(10-14-31)22-34-35-32(36)24-40-30-19-17-29(18-20-30)39-23-26-7-5-4-6-8-26/h4-20,22H,2-3,21,23-24H2,1H3,(H,35,36). The summed E-state index contributed by atoms with van der Waals surface area (Å²) in [4.78, 5) is 24.5. The maximum atomic E-state index is 12.4.